The van der Waals surface area contributed by atoms with E-state index in [2.05, 4.69) is 21.2 Å². The summed E-state index contributed by atoms with van der Waals surface area (Å²) < 4.78 is 6.31. The molecule has 0 aliphatic rings. The molecule has 0 aliphatic heterocycles. The Morgan fingerprint density at radius 2 is 1.75 bits per heavy atom. The van der Waals surface area contributed by atoms with E-state index >= 15 is 0 Å². The fourth-order valence-corrected chi connectivity index (χ4v) is 1.83. The van der Waals surface area contributed by atoms with E-state index in [1.54, 1.807) is 36.4 Å². The number of halogens is 1. The first kappa shape index (κ1) is 14.6. The minimum atomic E-state index is -0.224. The van der Waals surface area contributed by atoms with Gasteiger partial charge in [-0.1, -0.05) is 28.1 Å². The van der Waals surface area contributed by atoms with Crippen LogP contribution in [0.15, 0.2) is 53.0 Å². The third kappa shape index (κ3) is 4.36. The molecular formula is C15H14BrNO3. The number of nitrogens with one attached hydrogen (secondary N) is 1. The Hall–Kier alpha value is -1.85. The minimum Gasteiger partial charge on any atom is -0.484 e. The SMILES string of the molecule is O=C(COc1ccc(CO)cc1)Nc1ccc(Br)cc1. The molecule has 0 saturated heterocycles. The van der Waals surface area contributed by atoms with Crippen LogP contribution in [0, 0.1) is 0 Å². The standard InChI is InChI=1S/C15H14BrNO3/c16-12-3-5-13(6-4-12)17-15(19)10-20-14-7-1-11(9-18)2-8-14/h1-8,18H,9-10H2,(H,17,19). The van der Waals surface area contributed by atoms with Crippen molar-refractivity contribution in [1.29, 1.82) is 0 Å². The number of ether oxygens (including phenoxy) is 1. The zero-order valence-electron chi connectivity index (χ0n) is 10.7. The number of carbonyl (C=O) groups excluding carboxylic acids is 1. The second-order valence-corrected chi connectivity index (χ2v) is 5.06. The number of aliphatic hydroxyl groups is 1. The Bertz CT molecular complexity index is 567. The Morgan fingerprint density at radius 1 is 1.10 bits per heavy atom. The summed E-state index contributed by atoms with van der Waals surface area (Å²) in [5, 5.41) is 11.7. The quantitative estimate of drug-likeness (QED) is 0.883. The average Bonchev–Trinajstić information content (AvgIpc) is 2.48. The summed E-state index contributed by atoms with van der Waals surface area (Å²) >= 11 is 3.33. The molecule has 0 fully saturated rings. The molecule has 2 aromatic carbocycles. The lowest BCUT2D eigenvalue weighted by Gasteiger charge is -2.08. The molecule has 0 aliphatic carbocycles. The molecule has 0 aromatic heterocycles. The third-order valence-electron chi connectivity index (χ3n) is 2.60. The van der Waals surface area contributed by atoms with Gasteiger partial charge in [0.2, 0.25) is 0 Å². The van der Waals surface area contributed by atoms with Crippen LogP contribution in [-0.4, -0.2) is 17.6 Å². The van der Waals surface area contributed by atoms with Crippen LogP contribution in [0.5, 0.6) is 5.75 Å². The molecule has 5 heteroatoms. The maximum atomic E-state index is 11.7. The lowest BCUT2D eigenvalue weighted by molar-refractivity contribution is -0.118. The summed E-state index contributed by atoms with van der Waals surface area (Å²) in [6, 6.07) is 14.3. The van der Waals surface area contributed by atoms with Crippen molar-refractivity contribution in [3.63, 3.8) is 0 Å². The predicted octanol–water partition coefficient (Wildman–Crippen LogP) is 2.96. The Morgan fingerprint density at radius 3 is 2.35 bits per heavy atom. The van der Waals surface area contributed by atoms with Crippen LogP contribution < -0.4 is 10.1 Å². The number of hydrogen-bond acceptors (Lipinski definition) is 3. The second kappa shape index (κ2) is 7.07. The van der Waals surface area contributed by atoms with Gasteiger partial charge in [0, 0.05) is 10.2 Å². The van der Waals surface area contributed by atoms with E-state index in [9.17, 15) is 4.79 Å². The smallest absolute Gasteiger partial charge is 0.262 e. The van der Waals surface area contributed by atoms with Gasteiger partial charge in [0.05, 0.1) is 6.61 Å². The van der Waals surface area contributed by atoms with Crippen LogP contribution in [0.1, 0.15) is 5.56 Å². The topological polar surface area (TPSA) is 58.6 Å². The van der Waals surface area contributed by atoms with E-state index < -0.39 is 0 Å². The van der Waals surface area contributed by atoms with Gasteiger partial charge in [-0.2, -0.15) is 0 Å². The first-order chi connectivity index (χ1) is 9.67. The monoisotopic (exact) mass is 335 g/mol. The second-order valence-electron chi connectivity index (χ2n) is 4.15. The number of amides is 1. The Labute approximate surface area is 125 Å². The molecule has 20 heavy (non-hydrogen) atoms. The number of carbonyl (C=O) groups is 1. The van der Waals surface area contributed by atoms with Gasteiger partial charge in [-0.25, -0.2) is 0 Å². The third-order valence-corrected chi connectivity index (χ3v) is 3.13. The van der Waals surface area contributed by atoms with E-state index in [1.807, 2.05) is 12.1 Å². The van der Waals surface area contributed by atoms with Gasteiger partial charge in [-0.3, -0.25) is 4.79 Å². The van der Waals surface area contributed by atoms with Crippen LogP contribution in [0.4, 0.5) is 5.69 Å². The van der Waals surface area contributed by atoms with E-state index in [0.717, 1.165) is 15.7 Å². The van der Waals surface area contributed by atoms with Crippen molar-refractivity contribution in [2.24, 2.45) is 0 Å². The van der Waals surface area contributed by atoms with Crippen LogP contribution in [0.25, 0.3) is 0 Å². The Kier molecular flexibility index (Phi) is 5.15. The zero-order valence-corrected chi connectivity index (χ0v) is 12.3. The highest BCUT2D eigenvalue weighted by Gasteiger charge is 2.03. The largest absolute Gasteiger partial charge is 0.484 e. The molecule has 4 nitrogen and oxygen atoms in total. The predicted molar refractivity (Wildman–Crippen MR) is 80.6 cm³/mol. The average molecular weight is 336 g/mol. The fraction of sp³-hybridized carbons (Fsp3) is 0.133. The molecule has 0 saturated carbocycles. The lowest BCUT2D eigenvalue weighted by atomic mass is 10.2. The summed E-state index contributed by atoms with van der Waals surface area (Å²) in [4.78, 5) is 11.7. The van der Waals surface area contributed by atoms with Gasteiger partial charge in [-0.05, 0) is 42.0 Å². The molecule has 2 rings (SSSR count). The van der Waals surface area contributed by atoms with Gasteiger partial charge < -0.3 is 15.2 Å². The number of benzene rings is 2. The highest BCUT2D eigenvalue weighted by Crippen LogP contribution is 2.15. The molecule has 0 unspecified atom stereocenters. The number of rotatable bonds is 5. The van der Waals surface area contributed by atoms with Crippen LogP contribution in [0.2, 0.25) is 0 Å². The maximum absolute atomic E-state index is 11.7. The van der Waals surface area contributed by atoms with Crippen molar-refractivity contribution in [3.8, 4) is 5.75 Å². The number of anilines is 1. The van der Waals surface area contributed by atoms with E-state index in [-0.39, 0.29) is 19.1 Å². The minimum absolute atomic E-state index is 0.00959. The van der Waals surface area contributed by atoms with Crippen molar-refractivity contribution in [1.82, 2.24) is 0 Å². The van der Waals surface area contributed by atoms with Gasteiger partial charge in [-0.15, -0.1) is 0 Å². The molecule has 0 spiro atoms. The fourth-order valence-electron chi connectivity index (χ4n) is 1.57. The molecule has 0 bridgehead atoms. The molecular weight excluding hydrogens is 322 g/mol. The van der Waals surface area contributed by atoms with Gasteiger partial charge >= 0.3 is 0 Å². The van der Waals surface area contributed by atoms with Crippen molar-refractivity contribution in [2.45, 2.75) is 6.61 Å². The normalized spacial score (nSPS) is 10.1. The number of hydrogen-bond donors (Lipinski definition) is 2. The summed E-state index contributed by atoms with van der Waals surface area (Å²) in [6.45, 7) is -0.0706. The molecule has 2 N–H and O–H groups in total. The zero-order chi connectivity index (χ0) is 14.4. The molecule has 2 aromatic rings. The van der Waals surface area contributed by atoms with E-state index in [1.165, 1.54) is 0 Å². The van der Waals surface area contributed by atoms with Gasteiger partial charge in [0.1, 0.15) is 5.75 Å². The molecule has 1 amide bonds. The van der Waals surface area contributed by atoms with E-state index in [4.69, 9.17) is 9.84 Å². The first-order valence-electron chi connectivity index (χ1n) is 6.05. The van der Waals surface area contributed by atoms with Crippen molar-refractivity contribution >= 4 is 27.5 Å². The molecule has 104 valence electrons. The van der Waals surface area contributed by atoms with Crippen molar-refractivity contribution < 1.29 is 14.6 Å². The van der Waals surface area contributed by atoms with Gasteiger partial charge in [0.25, 0.3) is 5.91 Å². The summed E-state index contributed by atoms with van der Waals surface area (Å²) in [6.07, 6.45) is 0. The lowest BCUT2D eigenvalue weighted by Crippen LogP contribution is -2.20. The Balaban J connectivity index is 1.83. The number of aliphatic hydroxyl groups excluding tert-OH is 1. The molecule has 0 atom stereocenters. The summed E-state index contributed by atoms with van der Waals surface area (Å²) in [5.74, 6) is 0.367. The molecule has 0 radical (unpaired) electrons. The maximum Gasteiger partial charge on any atom is 0.262 e. The van der Waals surface area contributed by atoms with Crippen molar-refractivity contribution in [2.75, 3.05) is 11.9 Å². The van der Waals surface area contributed by atoms with Gasteiger partial charge in [0.15, 0.2) is 6.61 Å². The van der Waals surface area contributed by atoms with Crippen LogP contribution >= 0.6 is 15.9 Å². The van der Waals surface area contributed by atoms with Crippen LogP contribution in [0.3, 0.4) is 0 Å². The summed E-state index contributed by atoms with van der Waals surface area (Å²) in [5.41, 5.74) is 1.52. The molecule has 0 heterocycles. The highest BCUT2D eigenvalue weighted by molar-refractivity contribution is 9.10. The van der Waals surface area contributed by atoms with Crippen molar-refractivity contribution in [3.05, 3.63) is 58.6 Å². The summed E-state index contributed by atoms with van der Waals surface area (Å²) in [7, 11) is 0. The van der Waals surface area contributed by atoms with Crippen LogP contribution in [-0.2, 0) is 11.4 Å². The van der Waals surface area contributed by atoms with E-state index in [0.29, 0.717) is 5.75 Å². The highest BCUT2D eigenvalue weighted by atomic mass is 79.9. The first-order valence-corrected chi connectivity index (χ1v) is 6.84.